The second kappa shape index (κ2) is 11.3. The summed E-state index contributed by atoms with van der Waals surface area (Å²) >= 11 is 1.31. The third kappa shape index (κ3) is 5.62. The van der Waals surface area contributed by atoms with E-state index in [-0.39, 0.29) is 17.8 Å². The molecule has 2 aliphatic heterocycles. The van der Waals surface area contributed by atoms with Gasteiger partial charge in [-0.15, -0.1) is 4.99 Å². The van der Waals surface area contributed by atoms with Gasteiger partial charge >= 0.3 is 6.09 Å². The molecule has 0 spiro atoms. The van der Waals surface area contributed by atoms with Gasteiger partial charge in [0.05, 0.1) is 36.6 Å². The van der Waals surface area contributed by atoms with Gasteiger partial charge in [0.15, 0.2) is 11.5 Å². The van der Waals surface area contributed by atoms with Crippen molar-refractivity contribution in [3.05, 3.63) is 28.5 Å². The molecule has 2 atom stereocenters. The third-order valence-corrected chi connectivity index (χ3v) is 7.46. The molecule has 38 heavy (non-hydrogen) atoms. The number of thiazole rings is 1. The first kappa shape index (κ1) is 26.4. The SMILES string of the molecule is COc1c(OCCCN2C[C@@H](C)O[C@@H](C)C2)ccc2c3n(c(=NC(=O)Oc4sc(C)nc4C)nc12)CCN3. The van der Waals surface area contributed by atoms with Gasteiger partial charge in [-0.1, -0.05) is 11.3 Å². The van der Waals surface area contributed by atoms with Crippen molar-refractivity contribution in [1.29, 1.82) is 0 Å². The van der Waals surface area contributed by atoms with Gasteiger partial charge in [-0.05, 0) is 46.2 Å². The summed E-state index contributed by atoms with van der Waals surface area (Å²) in [6, 6.07) is 3.86. The maximum atomic E-state index is 12.7. The maximum absolute atomic E-state index is 12.7. The molecule has 0 aliphatic carbocycles. The summed E-state index contributed by atoms with van der Waals surface area (Å²) in [5, 5.41) is 5.50. The predicted octanol–water partition coefficient (Wildman–Crippen LogP) is 3.52. The fourth-order valence-electron chi connectivity index (χ4n) is 5.07. The molecule has 2 aliphatic rings. The van der Waals surface area contributed by atoms with Crippen LogP contribution < -0.4 is 25.1 Å². The predicted molar refractivity (Wildman–Crippen MR) is 145 cm³/mol. The van der Waals surface area contributed by atoms with Crippen molar-refractivity contribution in [3.8, 4) is 16.6 Å². The molecule has 4 heterocycles. The van der Waals surface area contributed by atoms with Crippen molar-refractivity contribution in [2.75, 3.05) is 45.2 Å². The van der Waals surface area contributed by atoms with Gasteiger partial charge in [-0.25, -0.2) is 14.8 Å². The van der Waals surface area contributed by atoms with E-state index >= 15 is 0 Å². The standard InChI is InChI=1S/C26H34N6O5S/c1-15-13-31(14-16(2)36-15)10-6-12-35-20-8-7-19-21(22(20)34-5)29-25(32-11-9-27-23(19)32)30-26(33)37-24-17(3)28-18(4)38-24/h7-8,15-16,27H,6,9-14H2,1-5H3/t15-,16+. The van der Waals surface area contributed by atoms with Crippen LogP contribution in [0.15, 0.2) is 17.1 Å². The highest BCUT2D eigenvalue weighted by atomic mass is 32.1. The molecule has 1 aromatic carbocycles. The van der Waals surface area contributed by atoms with Crippen molar-refractivity contribution in [2.45, 2.75) is 52.9 Å². The maximum Gasteiger partial charge on any atom is 0.443 e. The normalized spacial score (nSPS) is 19.9. The lowest BCUT2D eigenvalue weighted by Gasteiger charge is -2.35. The van der Waals surface area contributed by atoms with Crippen molar-refractivity contribution >= 4 is 34.2 Å². The summed E-state index contributed by atoms with van der Waals surface area (Å²) < 4.78 is 25.0. The van der Waals surface area contributed by atoms with Crippen LogP contribution in [0.4, 0.5) is 10.6 Å². The minimum atomic E-state index is -0.747. The van der Waals surface area contributed by atoms with Gasteiger partial charge in [0.2, 0.25) is 10.7 Å². The Morgan fingerprint density at radius 3 is 2.74 bits per heavy atom. The zero-order valence-electron chi connectivity index (χ0n) is 22.4. The van der Waals surface area contributed by atoms with E-state index in [0.717, 1.165) is 42.3 Å². The molecular formula is C26H34N6O5S. The van der Waals surface area contributed by atoms with E-state index in [1.807, 2.05) is 23.6 Å². The van der Waals surface area contributed by atoms with Gasteiger partial charge in [-0.3, -0.25) is 9.47 Å². The van der Waals surface area contributed by atoms with Crippen LogP contribution in [0, 0.1) is 13.8 Å². The van der Waals surface area contributed by atoms with Crippen molar-refractivity contribution in [1.82, 2.24) is 19.4 Å². The summed E-state index contributed by atoms with van der Waals surface area (Å²) in [6.07, 6.45) is 0.611. The molecule has 0 saturated carbocycles. The zero-order valence-corrected chi connectivity index (χ0v) is 23.3. The molecule has 1 saturated heterocycles. The Kier molecular flexibility index (Phi) is 7.82. The van der Waals surface area contributed by atoms with E-state index in [2.05, 4.69) is 34.0 Å². The average Bonchev–Trinajstić information content (AvgIpc) is 3.47. The number of anilines is 1. The fourth-order valence-corrected chi connectivity index (χ4v) is 5.83. The monoisotopic (exact) mass is 542 g/mol. The number of methoxy groups -OCH3 is 1. The summed E-state index contributed by atoms with van der Waals surface area (Å²) in [4.78, 5) is 28.3. The molecule has 0 unspecified atom stereocenters. The van der Waals surface area contributed by atoms with Crippen LogP contribution in [0.2, 0.25) is 0 Å². The van der Waals surface area contributed by atoms with Gasteiger partial charge in [0.1, 0.15) is 11.3 Å². The number of morpholine rings is 1. The summed E-state index contributed by atoms with van der Waals surface area (Å²) in [5.41, 5.74) is 1.47. The molecule has 11 nitrogen and oxygen atoms in total. The lowest BCUT2D eigenvalue weighted by molar-refractivity contribution is -0.0686. The number of aromatic nitrogens is 3. The number of benzene rings is 1. The number of nitrogens with zero attached hydrogens (tertiary/aromatic N) is 5. The van der Waals surface area contributed by atoms with Gasteiger partial charge in [0, 0.05) is 38.1 Å². The van der Waals surface area contributed by atoms with Crippen molar-refractivity contribution < 1.29 is 23.7 Å². The first-order valence-corrected chi connectivity index (χ1v) is 13.7. The highest BCUT2D eigenvalue weighted by Crippen LogP contribution is 2.37. The summed E-state index contributed by atoms with van der Waals surface area (Å²) in [7, 11) is 1.59. The van der Waals surface area contributed by atoms with Crippen LogP contribution >= 0.6 is 11.3 Å². The van der Waals surface area contributed by atoms with Crippen LogP contribution in [0.5, 0.6) is 16.6 Å². The average molecular weight is 543 g/mol. The number of hydrogen-bond acceptors (Lipinski definition) is 10. The largest absolute Gasteiger partial charge is 0.491 e. The highest BCUT2D eigenvalue weighted by molar-refractivity contribution is 7.13. The first-order valence-electron chi connectivity index (χ1n) is 12.9. The molecule has 204 valence electrons. The third-order valence-electron chi connectivity index (χ3n) is 6.51. The number of carbonyl (C=O) groups is 1. The minimum Gasteiger partial charge on any atom is -0.491 e. The molecule has 1 amide bonds. The number of carbonyl (C=O) groups excluding carboxylic acids is 1. The Labute approximate surface area is 225 Å². The quantitative estimate of drug-likeness (QED) is 0.448. The Bertz CT molecular complexity index is 1390. The number of hydrogen-bond donors (Lipinski definition) is 1. The van der Waals surface area contributed by atoms with E-state index in [1.165, 1.54) is 11.3 Å². The van der Waals surface area contributed by atoms with Crippen LogP contribution in [-0.2, 0) is 11.3 Å². The van der Waals surface area contributed by atoms with Crippen LogP contribution in [0.25, 0.3) is 10.9 Å². The smallest absolute Gasteiger partial charge is 0.443 e. The van der Waals surface area contributed by atoms with Gasteiger partial charge in [0.25, 0.3) is 0 Å². The van der Waals surface area contributed by atoms with E-state index in [9.17, 15) is 4.79 Å². The van der Waals surface area contributed by atoms with Crippen LogP contribution in [0.3, 0.4) is 0 Å². The Balaban J connectivity index is 1.38. The number of amides is 1. The van der Waals surface area contributed by atoms with Gasteiger partial charge < -0.3 is 24.3 Å². The molecule has 1 N–H and O–H groups in total. The number of nitrogens with one attached hydrogen (secondary N) is 1. The molecule has 0 radical (unpaired) electrons. The van der Waals surface area contributed by atoms with Crippen molar-refractivity contribution in [2.24, 2.45) is 4.99 Å². The molecular weight excluding hydrogens is 508 g/mol. The fraction of sp³-hybridized carbons (Fsp3) is 0.538. The molecule has 12 heteroatoms. The second-order valence-electron chi connectivity index (χ2n) is 9.64. The lowest BCUT2D eigenvalue weighted by Crippen LogP contribution is -2.45. The lowest BCUT2D eigenvalue weighted by atomic mass is 10.2. The molecule has 2 aromatic heterocycles. The summed E-state index contributed by atoms with van der Waals surface area (Å²) in [6.45, 7) is 12.5. The number of ether oxygens (including phenoxy) is 4. The zero-order chi connectivity index (χ0) is 26.8. The topological polar surface area (TPSA) is 112 Å². The Morgan fingerprint density at radius 1 is 1.24 bits per heavy atom. The van der Waals surface area contributed by atoms with Crippen LogP contribution in [-0.4, -0.2) is 77.6 Å². The summed E-state index contributed by atoms with van der Waals surface area (Å²) in [5.74, 6) is 1.93. The number of rotatable bonds is 7. The van der Waals surface area contributed by atoms with Crippen LogP contribution in [0.1, 0.15) is 31.0 Å². The van der Waals surface area contributed by atoms with E-state index < -0.39 is 6.09 Å². The first-order chi connectivity index (χ1) is 18.3. The molecule has 0 bridgehead atoms. The second-order valence-corrected chi connectivity index (χ2v) is 10.8. The Hall–Kier alpha value is -3.22. The number of aryl methyl sites for hydroxylation is 2. The molecule has 5 rings (SSSR count). The molecule has 3 aromatic rings. The van der Waals surface area contributed by atoms with Gasteiger partial charge in [-0.2, -0.15) is 0 Å². The van der Waals surface area contributed by atoms with E-state index in [0.29, 0.717) is 47.5 Å². The molecule has 1 fully saturated rings. The Morgan fingerprint density at radius 2 is 2.03 bits per heavy atom. The van der Waals surface area contributed by atoms with Crippen molar-refractivity contribution in [3.63, 3.8) is 0 Å². The number of fused-ring (bicyclic) bond motifs is 3. The highest BCUT2D eigenvalue weighted by Gasteiger charge is 2.23. The minimum absolute atomic E-state index is 0.242. The van der Waals surface area contributed by atoms with E-state index in [1.54, 1.807) is 14.0 Å². The van der Waals surface area contributed by atoms with E-state index in [4.69, 9.17) is 23.9 Å².